The van der Waals surface area contributed by atoms with Gasteiger partial charge in [-0.05, 0) is 36.2 Å². The van der Waals surface area contributed by atoms with E-state index in [4.69, 9.17) is 10.9 Å². The van der Waals surface area contributed by atoms with Crippen LogP contribution in [0.2, 0.25) is 0 Å². The summed E-state index contributed by atoms with van der Waals surface area (Å²) in [5, 5.41) is 4.68. The summed E-state index contributed by atoms with van der Waals surface area (Å²) in [7, 11) is -4.55. The summed E-state index contributed by atoms with van der Waals surface area (Å²) < 4.78 is 107. The molecule has 0 saturated carbocycles. The van der Waals surface area contributed by atoms with Crippen LogP contribution in [0.15, 0.2) is 66.2 Å². The van der Waals surface area contributed by atoms with Crippen molar-refractivity contribution >= 4 is 33.4 Å². The third kappa shape index (κ3) is 4.94. The van der Waals surface area contributed by atoms with Crippen molar-refractivity contribution in [2.45, 2.75) is 36.3 Å². The molecule has 0 bridgehead atoms. The minimum Gasteiger partial charge on any atom is -0.383 e. The number of primary sulfonamides is 1. The van der Waals surface area contributed by atoms with Crippen molar-refractivity contribution in [2.24, 2.45) is 5.14 Å². The molecule has 220 valence electrons. The quantitative estimate of drug-likeness (QED) is 0.321. The topological polar surface area (TPSA) is 150 Å². The Kier molecular flexibility index (Phi) is 6.57. The number of anilines is 3. The van der Waals surface area contributed by atoms with Gasteiger partial charge in [-0.3, -0.25) is 9.36 Å². The first-order chi connectivity index (χ1) is 19.4. The van der Waals surface area contributed by atoms with Gasteiger partial charge in [0.15, 0.2) is 5.03 Å². The average molecular weight is 612 g/mol. The van der Waals surface area contributed by atoms with E-state index in [1.54, 1.807) is 24.3 Å². The second-order valence-corrected chi connectivity index (χ2v) is 11.2. The molecule has 5 rings (SSSR count). The van der Waals surface area contributed by atoms with Gasteiger partial charge in [-0.1, -0.05) is 24.3 Å². The highest BCUT2D eigenvalue weighted by Gasteiger charge is 2.52. The summed E-state index contributed by atoms with van der Waals surface area (Å²) in [5.74, 6) is -1.36. The molecule has 10 nitrogen and oxygen atoms in total. The molecule has 17 heteroatoms. The molecule has 1 amide bonds. The van der Waals surface area contributed by atoms with Gasteiger partial charge in [-0.25, -0.2) is 33.4 Å². The van der Waals surface area contributed by atoms with Crippen molar-refractivity contribution in [1.82, 2.24) is 19.5 Å². The predicted octanol–water partition coefficient (Wildman–Crippen LogP) is 4.24. The number of rotatable bonds is 5. The average Bonchev–Trinajstić information content (AvgIpc) is 3.42. The van der Waals surface area contributed by atoms with Gasteiger partial charge in [0.05, 0.1) is 23.0 Å². The van der Waals surface area contributed by atoms with Gasteiger partial charge in [0, 0.05) is 18.2 Å². The van der Waals surface area contributed by atoms with Crippen LogP contribution >= 0.6 is 0 Å². The van der Waals surface area contributed by atoms with E-state index in [9.17, 15) is 39.6 Å². The lowest BCUT2D eigenvalue weighted by molar-refractivity contribution is -0.143. The molecule has 0 aliphatic carbocycles. The lowest BCUT2D eigenvalue weighted by Crippen LogP contribution is -2.42. The second-order valence-electron chi connectivity index (χ2n) is 9.65. The van der Waals surface area contributed by atoms with E-state index < -0.39 is 61.6 Å². The Bertz CT molecular complexity index is 1790. The van der Waals surface area contributed by atoms with E-state index in [-0.39, 0.29) is 18.3 Å². The number of nitrogens with two attached hydrogens (primary N) is 2. The fourth-order valence-electron chi connectivity index (χ4n) is 4.79. The molecule has 1 aliphatic rings. The van der Waals surface area contributed by atoms with Gasteiger partial charge in [0.25, 0.3) is 15.9 Å². The number of carbonyl (C=O) groups is 1. The fraction of sp³-hybridized carbons (Fsp3) is 0.200. The number of alkyl halides is 6. The molecule has 42 heavy (non-hydrogen) atoms. The number of fused-ring (bicyclic) bond motifs is 1. The van der Waals surface area contributed by atoms with E-state index in [1.807, 2.05) is 0 Å². The van der Waals surface area contributed by atoms with Crippen molar-refractivity contribution in [3.63, 3.8) is 0 Å². The summed E-state index contributed by atoms with van der Waals surface area (Å²) in [5.41, 5.74) is 1.42. The molecule has 0 fully saturated rings. The molecule has 4 N–H and O–H groups in total. The molecule has 1 atom stereocenters. The number of nitrogen functional groups attached to an aromatic ring is 1. The standard InChI is InChI=1S/C25H19F6N7O3S/c1-23(9-13-2-4-14(5-3-13)18-10-34-12-36-20(18)32)21(39)37(22-35-11-19(38(22)23)42(33,40)41)17-7-15(24(26,27)28)6-16(8-17)25(29,30)31/h2-8,10-12H,9H2,1H3,(H2,32,34,36)(H2,33,40,41)/t23-/m1/s1. The molecule has 1 aliphatic heterocycles. The molecule has 0 radical (unpaired) electrons. The summed E-state index contributed by atoms with van der Waals surface area (Å²) >= 11 is 0. The van der Waals surface area contributed by atoms with Crippen LogP contribution in [0.4, 0.5) is 43.8 Å². The maximum Gasteiger partial charge on any atom is 0.416 e. The molecule has 3 heterocycles. The molecular weight excluding hydrogens is 592 g/mol. The van der Waals surface area contributed by atoms with Crippen LogP contribution in [-0.4, -0.2) is 33.8 Å². The second kappa shape index (κ2) is 9.52. The van der Waals surface area contributed by atoms with Gasteiger partial charge >= 0.3 is 12.4 Å². The van der Waals surface area contributed by atoms with Gasteiger partial charge in [-0.2, -0.15) is 26.3 Å². The number of carbonyl (C=O) groups excluding carboxylic acids is 1. The Morgan fingerprint density at radius 1 is 0.929 bits per heavy atom. The third-order valence-corrected chi connectivity index (χ3v) is 7.62. The number of benzene rings is 2. The number of hydrogen-bond donors (Lipinski definition) is 2. The number of hydrogen-bond acceptors (Lipinski definition) is 7. The fourth-order valence-corrected chi connectivity index (χ4v) is 5.53. The molecule has 2 aromatic heterocycles. The van der Waals surface area contributed by atoms with E-state index in [1.165, 1.54) is 19.4 Å². The Balaban J connectivity index is 1.64. The molecule has 0 spiro atoms. The van der Waals surface area contributed by atoms with E-state index in [2.05, 4.69) is 15.0 Å². The molecule has 4 aromatic rings. The Morgan fingerprint density at radius 2 is 1.52 bits per heavy atom. The van der Waals surface area contributed by atoms with E-state index >= 15 is 0 Å². The maximum atomic E-state index is 13.9. The number of amides is 1. The number of halogens is 6. The minimum absolute atomic E-state index is 0.0857. The number of imidazole rings is 1. The molecule has 0 unspecified atom stereocenters. The van der Waals surface area contributed by atoms with Gasteiger partial charge in [0.1, 0.15) is 17.7 Å². The molecule has 0 saturated heterocycles. The first-order valence-corrected chi connectivity index (χ1v) is 13.4. The van der Waals surface area contributed by atoms with Gasteiger partial charge < -0.3 is 5.73 Å². The molecule has 2 aromatic carbocycles. The number of nitrogens with zero attached hydrogens (tertiary/aromatic N) is 5. The zero-order chi connectivity index (χ0) is 30.8. The zero-order valence-corrected chi connectivity index (χ0v) is 22.1. The van der Waals surface area contributed by atoms with E-state index in [0.29, 0.717) is 33.7 Å². The number of aromatic nitrogens is 4. The van der Waals surface area contributed by atoms with Crippen LogP contribution in [0.3, 0.4) is 0 Å². The third-order valence-electron chi connectivity index (χ3n) is 6.75. The van der Waals surface area contributed by atoms with Crippen LogP contribution in [0.1, 0.15) is 23.6 Å². The Morgan fingerprint density at radius 3 is 2.05 bits per heavy atom. The van der Waals surface area contributed by atoms with Crippen LogP contribution in [-0.2, 0) is 39.1 Å². The lowest BCUT2D eigenvalue weighted by atomic mass is 9.91. The van der Waals surface area contributed by atoms with Crippen molar-refractivity contribution in [1.29, 1.82) is 0 Å². The summed E-state index contributed by atoms with van der Waals surface area (Å²) in [6, 6.07) is 7.05. The summed E-state index contributed by atoms with van der Waals surface area (Å²) in [4.78, 5) is 26.1. The van der Waals surface area contributed by atoms with E-state index in [0.717, 1.165) is 10.8 Å². The SMILES string of the molecule is C[C@@]1(Cc2ccc(-c3cncnc3N)cc2)C(=O)N(c2cc(C(F)(F)F)cc(C(F)(F)F)c2)c2ncc(S(N)(=O)=O)n21. The van der Waals surface area contributed by atoms with Crippen LogP contribution in [0.5, 0.6) is 0 Å². The van der Waals surface area contributed by atoms with Crippen molar-refractivity contribution in [3.05, 3.63) is 77.9 Å². The highest BCUT2D eigenvalue weighted by atomic mass is 32.2. The van der Waals surface area contributed by atoms with Gasteiger partial charge in [-0.15, -0.1) is 0 Å². The summed E-state index contributed by atoms with van der Waals surface area (Å²) in [6.07, 6.45) is -7.12. The van der Waals surface area contributed by atoms with Crippen molar-refractivity contribution in [2.75, 3.05) is 10.6 Å². The van der Waals surface area contributed by atoms with Crippen LogP contribution in [0.25, 0.3) is 11.1 Å². The van der Waals surface area contributed by atoms with Gasteiger partial charge in [0.2, 0.25) is 5.95 Å². The first kappa shape index (κ1) is 29.0. The zero-order valence-electron chi connectivity index (χ0n) is 21.3. The molecular formula is C25H19F6N7O3S. The lowest BCUT2D eigenvalue weighted by Gasteiger charge is -2.26. The minimum atomic E-state index is -5.20. The maximum absolute atomic E-state index is 13.9. The highest BCUT2D eigenvalue weighted by Crippen LogP contribution is 2.46. The van der Waals surface area contributed by atoms with Crippen molar-refractivity contribution in [3.8, 4) is 11.1 Å². The highest BCUT2D eigenvalue weighted by molar-refractivity contribution is 7.89. The first-order valence-electron chi connectivity index (χ1n) is 11.8. The van der Waals surface area contributed by atoms with Crippen LogP contribution in [0, 0.1) is 0 Å². The predicted molar refractivity (Wildman–Crippen MR) is 136 cm³/mol. The Hall–Kier alpha value is -4.51. The van der Waals surface area contributed by atoms with Crippen LogP contribution < -0.4 is 15.8 Å². The van der Waals surface area contributed by atoms with Crippen molar-refractivity contribution < 1.29 is 39.6 Å². The largest absolute Gasteiger partial charge is 0.416 e. The Labute approximate surface area is 233 Å². The number of sulfonamides is 1. The normalized spacial score (nSPS) is 17.5. The smallest absolute Gasteiger partial charge is 0.383 e. The summed E-state index contributed by atoms with van der Waals surface area (Å²) in [6.45, 7) is 1.28. The monoisotopic (exact) mass is 611 g/mol.